The summed E-state index contributed by atoms with van der Waals surface area (Å²) in [5.41, 5.74) is 1.26. The number of guanidine groups is 1. The van der Waals surface area contributed by atoms with Crippen molar-refractivity contribution >= 4 is 29.9 Å². The second-order valence-corrected chi connectivity index (χ2v) is 8.53. The van der Waals surface area contributed by atoms with Crippen LogP contribution in [0.1, 0.15) is 30.9 Å². The minimum absolute atomic E-state index is 0. The van der Waals surface area contributed by atoms with E-state index in [1.165, 1.54) is 10.5 Å². The first-order valence-corrected chi connectivity index (χ1v) is 10.9. The highest BCUT2D eigenvalue weighted by Crippen LogP contribution is 2.35. The van der Waals surface area contributed by atoms with Crippen molar-refractivity contribution < 1.29 is 17.9 Å². The number of ether oxygens (including phenoxy) is 1. The number of alkyl halides is 3. The van der Waals surface area contributed by atoms with Gasteiger partial charge in [0.2, 0.25) is 0 Å². The fourth-order valence-electron chi connectivity index (χ4n) is 4.76. The predicted molar refractivity (Wildman–Crippen MR) is 132 cm³/mol. The van der Waals surface area contributed by atoms with E-state index in [2.05, 4.69) is 39.7 Å². The van der Waals surface area contributed by atoms with Crippen LogP contribution in [0.25, 0.3) is 0 Å². The average Bonchev–Trinajstić information content (AvgIpc) is 3.16. The third-order valence-electron chi connectivity index (χ3n) is 6.24. The molecule has 0 aliphatic carbocycles. The van der Waals surface area contributed by atoms with Gasteiger partial charge in [-0.15, -0.1) is 24.0 Å². The van der Waals surface area contributed by atoms with Crippen LogP contribution in [0.4, 0.5) is 13.2 Å². The second kappa shape index (κ2) is 12.3. The maximum absolute atomic E-state index is 12.6. The Morgan fingerprint density at radius 3 is 2.53 bits per heavy atom. The molecule has 3 rings (SSSR count). The van der Waals surface area contributed by atoms with E-state index >= 15 is 0 Å². The summed E-state index contributed by atoms with van der Waals surface area (Å²) < 4.78 is 43.2. The van der Waals surface area contributed by atoms with Crippen LogP contribution in [0, 0.1) is 5.92 Å². The zero-order chi connectivity index (χ0) is 22.4. The number of benzene rings is 1. The van der Waals surface area contributed by atoms with E-state index in [0.29, 0.717) is 37.4 Å². The number of halogens is 4. The van der Waals surface area contributed by atoms with Gasteiger partial charge in [0.25, 0.3) is 0 Å². The molecule has 2 fully saturated rings. The topological polar surface area (TPSA) is 52.1 Å². The zero-order valence-corrected chi connectivity index (χ0v) is 21.3. The van der Waals surface area contributed by atoms with E-state index in [-0.39, 0.29) is 30.0 Å². The second-order valence-electron chi connectivity index (χ2n) is 8.53. The summed E-state index contributed by atoms with van der Waals surface area (Å²) in [6.07, 6.45) is -1.24. The molecule has 2 heterocycles. The standard InChI is InChI=1S/C22H34F3N5O.HI/c1-26-21(28-18-10-12-30(14-18)15-22(23,24)25)27-13-17-5-4-11-29(2)20(17)16-6-8-19(31-3)9-7-16;/h6-9,17-18,20H,4-5,10-15H2,1-3H3,(H2,26,27,28);1H. The minimum Gasteiger partial charge on any atom is -0.497 e. The molecule has 2 aliphatic heterocycles. The maximum atomic E-state index is 12.6. The summed E-state index contributed by atoms with van der Waals surface area (Å²) in [6.45, 7) is 1.77. The monoisotopic (exact) mass is 569 g/mol. The van der Waals surface area contributed by atoms with E-state index < -0.39 is 12.7 Å². The Morgan fingerprint density at radius 1 is 1.19 bits per heavy atom. The first-order valence-electron chi connectivity index (χ1n) is 10.9. The molecule has 2 aliphatic rings. The van der Waals surface area contributed by atoms with Crippen molar-refractivity contribution in [2.45, 2.75) is 37.5 Å². The quantitative estimate of drug-likeness (QED) is 0.312. The van der Waals surface area contributed by atoms with Gasteiger partial charge in [-0.1, -0.05) is 12.1 Å². The van der Waals surface area contributed by atoms with Gasteiger partial charge in [0.1, 0.15) is 5.75 Å². The van der Waals surface area contributed by atoms with Crippen LogP contribution in [0.3, 0.4) is 0 Å². The molecular weight excluding hydrogens is 534 g/mol. The van der Waals surface area contributed by atoms with E-state index in [0.717, 1.165) is 31.7 Å². The van der Waals surface area contributed by atoms with E-state index in [9.17, 15) is 13.2 Å². The van der Waals surface area contributed by atoms with Gasteiger partial charge in [0, 0.05) is 38.8 Å². The van der Waals surface area contributed by atoms with Crippen LogP contribution >= 0.6 is 24.0 Å². The van der Waals surface area contributed by atoms with Crippen LogP contribution < -0.4 is 15.4 Å². The minimum atomic E-state index is -4.15. The summed E-state index contributed by atoms with van der Waals surface area (Å²) in [5, 5.41) is 6.72. The first kappa shape index (κ1) is 27.0. The van der Waals surface area contributed by atoms with Crippen molar-refractivity contribution in [3.05, 3.63) is 29.8 Å². The van der Waals surface area contributed by atoms with Crippen LogP contribution in [0.15, 0.2) is 29.3 Å². The molecular formula is C22H35F3IN5O. The van der Waals surface area contributed by atoms with Crippen molar-refractivity contribution in [3.8, 4) is 5.75 Å². The Hall–Kier alpha value is -1.27. The van der Waals surface area contributed by atoms with Crippen molar-refractivity contribution in [1.82, 2.24) is 20.4 Å². The molecule has 6 nitrogen and oxygen atoms in total. The molecule has 2 saturated heterocycles. The molecule has 3 atom stereocenters. The number of piperidine rings is 1. The number of nitrogens with one attached hydrogen (secondary N) is 2. The highest BCUT2D eigenvalue weighted by molar-refractivity contribution is 14.0. The van der Waals surface area contributed by atoms with Crippen molar-refractivity contribution in [2.75, 3.05) is 53.9 Å². The van der Waals surface area contributed by atoms with Crippen LogP contribution in [-0.2, 0) is 0 Å². The van der Waals surface area contributed by atoms with E-state index in [1.807, 2.05) is 12.1 Å². The third-order valence-corrected chi connectivity index (χ3v) is 6.24. The summed E-state index contributed by atoms with van der Waals surface area (Å²) in [6, 6.07) is 8.50. The predicted octanol–water partition coefficient (Wildman–Crippen LogP) is 3.50. The Balaban J connectivity index is 0.00000363. The first-order chi connectivity index (χ1) is 14.8. The number of rotatable bonds is 6. The zero-order valence-electron chi connectivity index (χ0n) is 19.0. The van der Waals surface area contributed by atoms with Gasteiger partial charge < -0.3 is 15.4 Å². The fourth-order valence-corrected chi connectivity index (χ4v) is 4.76. The normalized spacial score (nSPS) is 25.3. The molecule has 0 radical (unpaired) electrons. The molecule has 0 bridgehead atoms. The summed E-state index contributed by atoms with van der Waals surface area (Å²) in [7, 11) is 5.52. The van der Waals surface area contributed by atoms with E-state index in [1.54, 1.807) is 14.2 Å². The molecule has 0 saturated carbocycles. The molecule has 0 aromatic heterocycles. The van der Waals surface area contributed by atoms with Gasteiger partial charge in [0.15, 0.2) is 5.96 Å². The van der Waals surface area contributed by atoms with Crippen LogP contribution in [0.2, 0.25) is 0 Å². The van der Waals surface area contributed by atoms with Crippen molar-refractivity contribution in [2.24, 2.45) is 10.9 Å². The SMILES string of the molecule is CN=C(NCC1CCCN(C)C1c1ccc(OC)cc1)NC1CCN(CC(F)(F)F)C1.I. The fraction of sp³-hybridized carbons (Fsp3) is 0.682. The number of likely N-dealkylation sites (tertiary alicyclic amines) is 2. The van der Waals surface area contributed by atoms with Gasteiger partial charge in [-0.3, -0.25) is 14.8 Å². The lowest BCUT2D eigenvalue weighted by Crippen LogP contribution is -2.48. The lowest BCUT2D eigenvalue weighted by Gasteiger charge is -2.40. The van der Waals surface area contributed by atoms with E-state index in [4.69, 9.17) is 4.74 Å². The molecule has 10 heteroatoms. The van der Waals surface area contributed by atoms with Crippen molar-refractivity contribution in [1.29, 1.82) is 0 Å². The molecule has 3 unspecified atom stereocenters. The molecule has 0 spiro atoms. The summed E-state index contributed by atoms with van der Waals surface area (Å²) in [4.78, 5) is 8.13. The number of hydrogen-bond acceptors (Lipinski definition) is 4. The Labute approximate surface area is 206 Å². The van der Waals surface area contributed by atoms with Crippen LogP contribution in [-0.4, -0.2) is 81.9 Å². The molecule has 182 valence electrons. The molecule has 1 aromatic carbocycles. The Morgan fingerprint density at radius 2 is 1.91 bits per heavy atom. The molecule has 1 aromatic rings. The summed E-state index contributed by atoms with van der Waals surface area (Å²) in [5.74, 6) is 1.90. The van der Waals surface area contributed by atoms with Gasteiger partial charge in [-0.25, -0.2) is 0 Å². The van der Waals surface area contributed by atoms with Crippen LogP contribution in [0.5, 0.6) is 5.75 Å². The lowest BCUT2D eigenvalue weighted by atomic mass is 9.85. The summed E-state index contributed by atoms with van der Waals surface area (Å²) >= 11 is 0. The average molecular weight is 569 g/mol. The smallest absolute Gasteiger partial charge is 0.401 e. The number of aliphatic imine (C=N–C) groups is 1. The molecule has 2 N–H and O–H groups in total. The number of methoxy groups -OCH3 is 1. The van der Waals surface area contributed by atoms with Gasteiger partial charge in [0.05, 0.1) is 13.7 Å². The van der Waals surface area contributed by atoms with Gasteiger partial charge in [-0.05, 0) is 56.5 Å². The largest absolute Gasteiger partial charge is 0.497 e. The van der Waals surface area contributed by atoms with Gasteiger partial charge >= 0.3 is 6.18 Å². The lowest BCUT2D eigenvalue weighted by molar-refractivity contribution is -0.143. The Kier molecular flexibility index (Phi) is 10.3. The van der Waals surface area contributed by atoms with Crippen molar-refractivity contribution in [3.63, 3.8) is 0 Å². The number of nitrogens with zero attached hydrogens (tertiary/aromatic N) is 3. The highest BCUT2D eigenvalue weighted by Gasteiger charge is 2.35. The third kappa shape index (κ3) is 7.65. The van der Waals surface area contributed by atoms with Gasteiger partial charge in [-0.2, -0.15) is 13.2 Å². The molecule has 0 amide bonds. The number of hydrogen-bond donors (Lipinski definition) is 2. The Bertz CT molecular complexity index is 731. The highest BCUT2D eigenvalue weighted by atomic mass is 127. The maximum Gasteiger partial charge on any atom is 0.401 e. The molecule has 32 heavy (non-hydrogen) atoms.